The van der Waals surface area contributed by atoms with Gasteiger partial charge in [-0.2, -0.15) is 0 Å². The largest absolute Gasteiger partial charge is 0.488 e. The maximum absolute atomic E-state index is 12.8. The Balaban J connectivity index is 1.67. The molecule has 0 bridgehead atoms. The number of methoxy groups -OCH3 is 1. The van der Waals surface area contributed by atoms with Crippen molar-refractivity contribution in [2.45, 2.75) is 38.7 Å². The van der Waals surface area contributed by atoms with Gasteiger partial charge in [-0.1, -0.05) is 35.9 Å². The Morgan fingerprint density at radius 2 is 1.94 bits per heavy atom. The Morgan fingerprint density at radius 3 is 2.62 bits per heavy atom. The summed E-state index contributed by atoms with van der Waals surface area (Å²) >= 11 is 3.57. The first-order valence-electron chi connectivity index (χ1n) is 10.4. The van der Waals surface area contributed by atoms with Crippen LogP contribution in [-0.4, -0.2) is 18.9 Å². The standard InChI is InChI=1S/C25H24BrNO5/c1-14-6-8-15(9-7-14)13-31-19-11-10-16(12-17(19)26)21-22-18(28)4-3-5-20(22)32-24(27)23(21)25(29)30-2/h6-12,21H,3-5,13,27H2,1-2H3/t21-/m0/s1. The smallest absolute Gasteiger partial charge is 0.340 e. The van der Waals surface area contributed by atoms with Gasteiger partial charge in [0, 0.05) is 18.4 Å². The van der Waals surface area contributed by atoms with E-state index in [0.717, 1.165) is 11.1 Å². The SMILES string of the molecule is COC(=O)C1=C(N)OC2=C(C(=O)CCC2)[C@@H]1c1ccc(OCc2ccc(C)cc2)c(Br)c1. The fourth-order valence-corrected chi connectivity index (χ4v) is 4.57. The zero-order valence-corrected chi connectivity index (χ0v) is 19.5. The lowest BCUT2D eigenvalue weighted by molar-refractivity contribution is -0.136. The molecule has 7 heteroatoms. The van der Waals surface area contributed by atoms with Crippen LogP contribution in [0.25, 0.3) is 0 Å². The molecule has 1 atom stereocenters. The van der Waals surface area contributed by atoms with Crippen molar-refractivity contribution in [1.29, 1.82) is 0 Å². The van der Waals surface area contributed by atoms with Crippen LogP contribution in [0.3, 0.4) is 0 Å². The van der Waals surface area contributed by atoms with E-state index in [1.54, 1.807) is 0 Å². The predicted octanol–water partition coefficient (Wildman–Crippen LogP) is 4.80. The number of rotatable bonds is 5. The zero-order valence-electron chi connectivity index (χ0n) is 17.9. The van der Waals surface area contributed by atoms with Crippen molar-refractivity contribution in [1.82, 2.24) is 0 Å². The highest BCUT2D eigenvalue weighted by Crippen LogP contribution is 2.45. The molecule has 2 N–H and O–H groups in total. The minimum absolute atomic E-state index is 0.0221. The number of halogens is 1. The molecule has 166 valence electrons. The van der Waals surface area contributed by atoms with Gasteiger partial charge in [0.05, 0.1) is 17.5 Å². The lowest BCUT2D eigenvalue weighted by Crippen LogP contribution is -2.31. The summed E-state index contributed by atoms with van der Waals surface area (Å²) in [5, 5.41) is 0. The Hall–Kier alpha value is -3.06. The summed E-state index contributed by atoms with van der Waals surface area (Å²) in [5.74, 6) is -0.142. The maximum Gasteiger partial charge on any atom is 0.340 e. The first-order valence-corrected chi connectivity index (χ1v) is 11.2. The summed E-state index contributed by atoms with van der Waals surface area (Å²) in [5.41, 5.74) is 9.70. The third-order valence-electron chi connectivity index (χ3n) is 5.69. The average molecular weight is 498 g/mol. The van der Waals surface area contributed by atoms with Gasteiger partial charge in [0.15, 0.2) is 5.78 Å². The van der Waals surface area contributed by atoms with Gasteiger partial charge >= 0.3 is 5.97 Å². The number of hydrogen-bond donors (Lipinski definition) is 1. The van der Waals surface area contributed by atoms with Gasteiger partial charge in [0.25, 0.3) is 0 Å². The second-order valence-corrected chi connectivity index (χ2v) is 8.74. The molecule has 6 nitrogen and oxygen atoms in total. The number of ether oxygens (including phenoxy) is 3. The minimum Gasteiger partial charge on any atom is -0.488 e. The van der Waals surface area contributed by atoms with E-state index in [0.29, 0.717) is 47.4 Å². The van der Waals surface area contributed by atoms with Crippen molar-refractivity contribution in [3.05, 3.63) is 86.4 Å². The fourth-order valence-electron chi connectivity index (χ4n) is 4.06. The van der Waals surface area contributed by atoms with Crippen LogP contribution in [0.2, 0.25) is 0 Å². The molecule has 0 spiro atoms. The number of aryl methyl sites for hydroxylation is 1. The van der Waals surface area contributed by atoms with Crippen LogP contribution >= 0.6 is 15.9 Å². The molecule has 1 heterocycles. The lowest BCUT2D eigenvalue weighted by Gasteiger charge is -2.32. The summed E-state index contributed by atoms with van der Waals surface area (Å²) in [7, 11) is 1.28. The highest BCUT2D eigenvalue weighted by Gasteiger charge is 2.41. The van der Waals surface area contributed by atoms with E-state index in [-0.39, 0.29) is 17.2 Å². The molecule has 1 aliphatic carbocycles. The van der Waals surface area contributed by atoms with Crippen molar-refractivity contribution in [3.63, 3.8) is 0 Å². The molecule has 0 unspecified atom stereocenters. The van der Waals surface area contributed by atoms with E-state index in [9.17, 15) is 9.59 Å². The van der Waals surface area contributed by atoms with Crippen LogP contribution in [0.1, 0.15) is 41.9 Å². The molecular weight excluding hydrogens is 474 g/mol. The Kier molecular flexibility index (Phi) is 6.37. The molecule has 0 amide bonds. The topological polar surface area (TPSA) is 87.9 Å². The van der Waals surface area contributed by atoms with E-state index in [1.807, 2.05) is 49.4 Å². The second kappa shape index (κ2) is 9.20. The number of allylic oxidation sites excluding steroid dienone is 2. The highest BCUT2D eigenvalue weighted by atomic mass is 79.9. The van der Waals surface area contributed by atoms with E-state index in [1.165, 1.54) is 12.7 Å². The van der Waals surface area contributed by atoms with Gasteiger partial charge in [-0.15, -0.1) is 0 Å². The van der Waals surface area contributed by atoms with Crippen molar-refractivity contribution < 1.29 is 23.8 Å². The molecule has 2 aliphatic rings. The van der Waals surface area contributed by atoms with Gasteiger partial charge in [0.1, 0.15) is 23.7 Å². The van der Waals surface area contributed by atoms with E-state index in [4.69, 9.17) is 19.9 Å². The molecule has 0 saturated heterocycles. The average Bonchev–Trinajstić information content (AvgIpc) is 2.78. The number of esters is 1. The number of carbonyl (C=O) groups is 2. The Morgan fingerprint density at radius 1 is 1.19 bits per heavy atom. The quantitative estimate of drug-likeness (QED) is 0.596. The number of Topliss-reactive ketones (excluding diaryl/α,β-unsaturated/α-hetero) is 1. The molecule has 32 heavy (non-hydrogen) atoms. The van der Waals surface area contributed by atoms with Crippen molar-refractivity contribution in [2.75, 3.05) is 7.11 Å². The van der Waals surface area contributed by atoms with Gasteiger partial charge in [-0.05, 0) is 52.5 Å². The summed E-state index contributed by atoms with van der Waals surface area (Å²) in [4.78, 5) is 25.4. The number of ketones is 1. The first-order chi connectivity index (χ1) is 15.4. The summed E-state index contributed by atoms with van der Waals surface area (Å²) in [6, 6.07) is 13.6. The molecule has 2 aromatic carbocycles. The molecule has 0 fully saturated rings. The van der Waals surface area contributed by atoms with Crippen LogP contribution in [0, 0.1) is 6.92 Å². The van der Waals surface area contributed by atoms with Gasteiger partial charge < -0.3 is 19.9 Å². The summed E-state index contributed by atoms with van der Waals surface area (Å²) in [6.45, 7) is 2.46. The third-order valence-corrected chi connectivity index (χ3v) is 6.31. The third kappa shape index (κ3) is 4.30. The Labute approximate surface area is 195 Å². The zero-order chi connectivity index (χ0) is 22.8. The van der Waals surface area contributed by atoms with Gasteiger partial charge in [0.2, 0.25) is 5.88 Å². The number of benzene rings is 2. The molecule has 4 rings (SSSR count). The predicted molar refractivity (Wildman–Crippen MR) is 123 cm³/mol. The normalized spacial score (nSPS) is 18.2. The molecule has 1 aliphatic heterocycles. The van der Waals surface area contributed by atoms with Crippen LogP contribution in [-0.2, 0) is 25.7 Å². The molecule has 0 radical (unpaired) electrons. The van der Waals surface area contributed by atoms with Crippen LogP contribution in [0.15, 0.2) is 69.7 Å². The number of hydrogen-bond acceptors (Lipinski definition) is 6. The molecule has 0 saturated carbocycles. The summed E-state index contributed by atoms with van der Waals surface area (Å²) in [6.07, 6.45) is 1.71. The summed E-state index contributed by atoms with van der Waals surface area (Å²) < 4.78 is 17.3. The van der Waals surface area contributed by atoms with E-state index in [2.05, 4.69) is 15.9 Å². The van der Waals surface area contributed by atoms with Gasteiger partial charge in [-0.3, -0.25) is 4.79 Å². The van der Waals surface area contributed by atoms with Crippen molar-refractivity contribution >= 4 is 27.7 Å². The van der Waals surface area contributed by atoms with Crippen LogP contribution in [0.4, 0.5) is 0 Å². The lowest BCUT2D eigenvalue weighted by atomic mass is 9.77. The van der Waals surface area contributed by atoms with E-state index < -0.39 is 11.9 Å². The Bertz CT molecular complexity index is 1130. The maximum atomic E-state index is 12.8. The first kappa shape index (κ1) is 22.1. The number of carbonyl (C=O) groups excluding carboxylic acids is 2. The van der Waals surface area contributed by atoms with Crippen LogP contribution < -0.4 is 10.5 Å². The van der Waals surface area contributed by atoms with Crippen LogP contribution in [0.5, 0.6) is 5.75 Å². The molecule has 0 aromatic heterocycles. The minimum atomic E-state index is -0.651. The van der Waals surface area contributed by atoms with Gasteiger partial charge in [-0.25, -0.2) is 4.79 Å². The second-order valence-electron chi connectivity index (χ2n) is 7.88. The number of nitrogens with two attached hydrogens (primary N) is 1. The fraction of sp³-hybridized carbons (Fsp3) is 0.280. The van der Waals surface area contributed by atoms with Crippen molar-refractivity contribution in [3.8, 4) is 5.75 Å². The highest BCUT2D eigenvalue weighted by molar-refractivity contribution is 9.10. The van der Waals surface area contributed by atoms with Crippen molar-refractivity contribution in [2.24, 2.45) is 5.73 Å². The monoisotopic (exact) mass is 497 g/mol. The molecular formula is C25H24BrNO5. The van der Waals surface area contributed by atoms with E-state index >= 15 is 0 Å². The molecule has 2 aromatic rings.